The minimum atomic E-state index is -0.484. The third kappa shape index (κ3) is 5.53. The Morgan fingerprint density at radius 1 is 1.11 bits per heavy atom. The van der Waals surface area contributed by atoms with E-state index in [4.69, 9.17) is 16.3 Å². The molecule has 0 saturated carbocycles. The molecule has 5 rings (SSSR count). The minimum Gasteiger partial charge on any atom is -0.378 e. The number of nitrogens with one attached hydrogen (secondary N) is 2. The van der Waals surface area contributed by atoms with Gasteiger partial charge in [-0.1, -0.05) is 11.6 Å². The third-order valence-electron chi connectivity index (χ3n) is 5.18. The molecule has 0 bridgehead atoms. The SMILES string of the molecule is Fc1cnc(N/N=C/c2ccc(Nc3ccc(-n4cccn4)cc3Cl)cn2)nc1N1CCOCC1. The first-order valence-electron chi connectivity index (χ1n) is 10.8. The highest BCUT2D eigenvalue weighted by Crippen LogP contribution is 2.27. The molecular weight excluding hydrogens is 473 g/mol. The molecule has 0 atom stereocenters. The van der Waals surface area contributed by atoms with Crippen LogP contribution < -0.4 is 15.6 Å². The summed E-state index contributed by atoms with van der Waals surface area (Å²) in [5.41, 5.74) is 5.71. The van der Waals surface area contributed by atoms with Gasteiger partial charge in [0.25, 0.3) is 0 Å². The summed E-state index contributed by atoms with van der Waals surface area (Å²) in [6.45, 7) is 2.20. The van der Waals surface area contributed by atoms with Crippen molar-refractivity contribution in [1.82, 2.24) is 24.7 Å². The molecule has 12 heteroatoms. The number of morpholine rings is 1. The summed E-state index contributed by atoms with van der Waals surface area (Å²) >= 11 is 6.43. The van der Waals surface area contributed by atoms with E-state index in [0.29, 0.717) is 37.0 Å². The lowest BCUT2D eigenvalue weighted by Gasteiger charge is -2.27. The predicted octanol–water partition coefficient (Wildman–Crippen LogP) is 3.88. The maximum absolute atomic E-state index is 14.1. The van der Waals surface area contributed by atoms with Crippen LogP contribution in [0.5, 0.6) is 0 Å². The summed E-state index contributed by atoms with van der Waals surface area (Å²) < 4.78 is 21.2. The Bertz CT molecular complexity index is 1310. The summed E-state index contributed by atoms with van der Waals surface area (Å²) in [5, 5.41) is 12.1. The maximum Gasteiger partial charge on any atom is 0.245 e. The van der Waals surface area contributed by atoms with Crippen LogP contribution in [0.3, 0.4) is 0 Å². The first-order chi connectivity index (χ1) is 17.2. The van der Waals surface area contributed by atoms with Crippen LogP contribution in [0, 0.1) is 5.82 Å². The predicted molar refractivity (Wildman–Crippen MR) is 132 cm³/mol. The van der Waals surface area contributed by atoms with Gasteiger partial charge in [-0.3, -0.25) is 4.98 Å². The largest absolute Gasteiger partial charge is 0.378 e. The molecule has 1 aromatic carbocycles. The van der Waals surface area contributed by atoms with Crippen LogP contribution in [0.15, 0.2) is 66.3 Å². The van der Waals surface area contributed by atoms with Crippen molar-refractivity contribution >= 4 is 41.0 Å². The number of halogens is 2. The van der Waals surface area contributed by atoms with Gasteiger partial charge in [-0.15, -0.1) is 0 Å². The van der Waals surface area contributed by atoms with Crippen molar-refractivity contribution in [2.24, 2.45) is 5.10 Å². The van der Waals surface area contributed by atoms with Gasteiger partial charge in [-0.05, 0) is 36.4 Å². The Morgan fingerprint density at radius 2 is 2.00 bits per heavy atom. The van der Waals surface area contributed by atoms with Gasteiger partial charge >= 0.3 is 0 Å². The van der Waals surface area contributed by atoms with Crippen molar-refractivity contribution in [3.63, 3.8) is 0 Å². The normalized spacial score (nSPS) is 13.8. The lowest BCUT2D eigenvalue weighted by Crippen LogP contribution is -2.37. The number of hydrazone groups is 1. The van der Waals surface area contributed by atoms with E-state index in [1.807, 2.05) is 41.4 Å². The van der Waals surface area contributed by atoms with Crippen LogP contribution in [-0.4, -0.2) is 57.3 Å². The zero-order chi connectivity index (χ0) is 24.0. The molecule has 178 valence electrons. The number of aromatic nitrogens is 5. The zero-order valence-electron chi connectivity index (χ0n) is 18.5. The van der Waals surface area contributed by atoms with Crippen LogP contribution in [0.25, 0.3) is 5.69 Å². The summed E-state index contributed by atoms with van der Waals surface area (Å²) in [7, 11) is 0. The van der Waals surface area contributed by atoms with Crippen molar-refractivity contribution in [1.29, 1.82) is 0 Å². The minimum absolute atomic E-state index is 0.190. The summed E-state index contributed by atoms with van der Waals surface area (Å²) in [6, 6.07) is 11.1. The highest BCUT2D eigenvalue weighted by atomic mass is 35.5. The van der Waals surface area contributed by atoms with Gasteiger partial charge in [0.2, 0.25) is 5.95 Å². The van der Waals surface area contributed by atoms with Crippen molar-refractivity contribution < 1.29 is 9.13 Å². The number of anilines is 4. The lowest BCUT2D eigenvalue weighted by atomic mass is 10.2. The highest BCUT2D eigenvalue weighted by Gasteiger charge is 2.17. The van der Waals surface area contributed by atoms with Crippen LogP contribution >= 0.6 is 11.6 Å². The van der Waals surface area contributed by atoms with Gasteiger partial charge in [0, 0.05) is 25.5 Å². The monoisotopic (exact) mass is 493 g/mol. The maximum atomic E-state index is 14.1. The fourth-order valence-electron chi connectivity index (χ4n) is 3.45. The van der Waals surface area contributed by atoms with Crippen molar-refractivity contribution in [3.05, 3.63) is 77.7 Å². The van der Waals surface area contributed by atoms with Gasteiger partial charge in [0.05, 0.1) is 59.6 Å². The second-order valence-electron chi connectivity index (χ2n) is 7.55. The smallest absolute Gasteiger partial charge is 0.245 e. The van der Waals surface area contributed by atoms with Gasteiger partial charge in [-0.2, -0.15) is 15.2 Å². The Balaban J connectivity index is 1.20. The van der Waals surface area contributed by atoms with Crippen molar-refractivity contribution in [3.8, 4) is 5.69 Å². The Morgan fingerprint density at radius 3 is 2.74 bits per heavy atom. The molecule has 3 aromatic heterocycles. The molecule has 1 saturated heterocycles. The average Bonchev–Trinajstić information content (AvgIpc) is 3.43. The fraction of sp³-hybridized carbons (Fsp3) is 0.174. The first kappa shape index (κ1) is 22.7. The summed E-state index contributed by atoms with van der Waals surface area (Å²) in [4.78, 5) is 14.4. The second kappa shape index (κ2) is 10.5. The highest BCUT2D eigenvalue weighted by molar-refractivity contribution is 6.33. The number of hydrogen-bond donors (Lipinski definition) is 2. The van der Waals surface area contributed by atoms with E-state index in [2.05, 4.69) is 35.9 Å². The molecule has 0 unspecified atom stereocenters. The first-order valence-corrected chi connectivity index (χ1v) is 11.2. The number of hydrogen-bond acceptors (Lipinski definition) is 9. The van der Waals surface area contributed by atoms with Crippen LogP contribution in [0.2, 0.25) is 5.02 Å². The van der Waals surface area contributed by atoms with E-state index in [9.17, 15) is 4.39 Å². The van der Waals surface area contributed by atoms with E-state index < -0.39 is 5.82 Å². The molecule has 1 aliphatic rings. The number of rotatable bonds is 7. The van der Waals surface area contributed by atoms with Gasteiger partial charge in [0.1, 0.15) is 0 Å². The van der Waals surface area contributed by atoms with E-state index >= 15 is 0 Å². The molecule has 0 radical (unpaired) electrons. The molecular formula is C23H21ClFN9O. The molecule has 1 aliphatic heterocycles. The average molecular weight is 494 g/mol. The lowest BCUT2D eigenvalue weighted by molar-refractivity contribution is 0.122. The molecule has 35 heavy (non-hydrogen) atoms. The van der Waals surface area contributed by atoms with Gasteiger partial charge < -0.3 is 15.0 Å². The van der Waals surface area contributed by atoms with E-state index in [-0.39, 0.29) is 11.8 Å². The molecule has 10 nitrogen and oxygen atoms in total. The van der Waals surface area contributed by atoms with Gasteiger partial charge in [0.15, 0.2) is 11.6 Å². The Labute approximate surface area is 205 Å². The van der Waals surface area contributed by atoms with Crippen molar-refractivity contribution in [2.45, 2.75) is 0 Å². The van der Waals surface area contributed by atoms with E-state index in [1.54, 1.807) is 23.1 Å². The van der Waals surface area contributed by atoms with Crippen LogP contribution in [0.1, 0.15) is 5.69 Å². The summed E-state index contributed by atoms with van der Waals surface area (Å²) in [5.74, 6) is -0.0659. The van der Waals surface area contributed by atoms with E-state index in [0.717, 1.165) is 23.3 Å². The van der Waals surface area contributed by atoms with Gasteiger partial charge in [-0.25, -0.2) is 19.5 Å². The number of nitrogens with zero attached hydrogens (tertiary/aromatic N) is 7. The molecule has 0 spiro atoms. The van der Waals surface area contributed by atoms with Crippen LogP contribution in [-0.2, 0) is 4.74 Å². The number of pyridine rings is 1. The second-order valence-corrected chi connectivity index (χ2v) is 7.95. The summed E-state index contributed by atoms with van der Waals surface area (Å²) in [6.07, 6.45) is 7.88. The zero-order valence-corrected chi connectivity index (χ0v) is 19.2. The van der Waals surface area contributed by atoms with E-state index in [1.165, 1.54) is 6.21 Å². The Kier molecular flexibility index (Phi) is 6.77. The van der Waals surface area contributed by atoms with Crippen LogP contribution in [0.4, 0.5) is 27.5 Å². The molecule has 0 aliphatic carbocycles. The molecule has 2 N–H and O–H groups in total. The molecule has 4 aromatic rings. The quantitative estimate of drug-likeness (QED) is 0.295. The molecule has 0 amide bonds. The van der Waals surface area contributed by atoms with Crippen molar-refractivity contribution in [2.75, 3.05) is 41.9 Å². The third-order valence-corrected chi connectivity index (χ3v) is 5.50. The number of ether oxygens (including phenoxy) is 1. The molecule has 4 heterocycles. The molecule has 1 fully saturated rings. The standard InChI is InChI=1S/C23H21ClFN9O/c24-19-12-18(34-7-1-6-29-34)4-5-21(19)30-17-3-2-16(26-13-17)14-28-32-23-27-15-20(25)22(31-23)33-8-10-35-11-9-33/h1-7,12-15,30H,8-11H2,(H,27,31,32)/b28-14+. The fourth-order valence-corrected chi connectivity index (χ4v) is 3.67. The Hall–Kier alpha value is -4.09. The topological polar surface area (TPSA) is 105 Å². The number of benzene rings is 1.